The summed E-state index contributed by atoms with van der Waals surface area (Å²) in [5.41, 5.74) is 5.08. The van der Waals surface area contributed by atoms with Crippen molar-refractivity contribution < 1.29 is 9.90 Å². The Balaban J connectivity index is 3.39. The van der Waals surface area contributed by atoms with Crippen LogP contribution in [0.1, 0.15) is 77.6 Å². The lowest BCUT2D eigenvalue weighted by atomic mass is 10.1. The zero-order valence-electron chi connectivity index (χ0n) is 13.6. The first-order chi connectivity index (χ1) is 10.2. The predicted molar refractivity (Wildman–Crippen MR) is 89.9 cm³/mol. The molecule has 21 heavy (non-hydrogen) atoms. The van der Waals surface area contributed by atoms with Gasteiger partial charge in [-0.2, -0.15) is 0 Å². The quantitative estimate of drug-likeness (QED) is 0.371. The average Bonchev–Trinajstić information content (AvgIpc) is 2.45. The third-order valence-electron chi connectivity index (χ3n) is 3.43. The Bertz CT molecular complexity index is 298. The van der Waals surface area contributed by atoms with Crippen molar-refractivity contribution >= 4 is 5.91 Å². The number of aliphatic hydroxyl groups is 1. The van der Waals surface area contributed by atoms with Gasteiger partial charge in [-0.15, -0.1) is 0 Å². The molecule has 1 atom stereocenters. The van der Waals surface area contributed by atoms with Crippen LogP contribution >= 0.6 is 0 Å². The van der Waals surface area contributed by atoms with Crippen LogP contribution in [-0.2, 0) is 4.79 Å². The highest BCUT2D eigenvalue weighted by Gasteiger charge is 1.95. The van der Waals surface area contributed by atoms with E-state index < -0.39 is 6.10 Å². The van der Waals surface area contributed by atoms with Gasteiger partial charge in [0.05, 0.1) is 6.10 Å². The number of allylic oxidation sites excluding steroid dienone is 2. The molecule has 122 valence electrons. The summed E-state index contributed by atoms with van der Waals surface area (Å²) >= 11 is 0. The van der Waals surface area contributed by atoms with Gasteiger partial charge in [-0.3, -0.25) is 4.79 Å². The number of hydrogen-bond donors (Lipinski definition) is 2. The lowest BCUT2D eigenvalue weighted by Gasteiger charge is -2.00. The van der Waals surface area contributed by atoms with Crippen molar-refractivity contribution in [2.45, 2.75) is 83.7 Å². The normalized spacial score (nSPS) is 13.2. The third kappa shape index (κ3) is 16.9. The molecule has 0 radical (unpaired) electrons. The van der Waals surface area contributed by atoms with Gasteiger partial charge in [0.15, 0.2) is 0 Å². The zero-order valence-corrected chi connectivity index (χ0v) is 13.6. The molecule has 3 heteroatoms. The average molecular weight is 295 g/mol. The molecule has 0 aromatic carbocycles. The summed E-state index contributed by atoms with van der Waals surface area (Å²) in [6.07, 6.45) is 19.2. The number of carbonyl (C=O) groups is 1. The number of rotatable bonds is 14. The van der Waals surface area contributed by atoms with Crippen LogP contribution in [0.25, 0.3) is 0 Å². The minimum atomic E-state index is -0.442. The summed E-state index contributed by atoms with van der Waals surface area (Å²) in [5.74, 6) is -0.199. The van der Waals surface area contributed by atoms with Crippen LogP contribution in [0.3, 0.4) is 0 Å². The fourth-order valence-electron chi connectivity index (χ4n) is 2.14. The molecule has 0 aromatic heterocycles. The summed E-state index contributed by atoms with van der Waals surface area (Å²) < 4.78 is 0. The highest BCUT2D eigenvalue weighted by Crippen LogP contribution is 2.08. The van der Waals surface area contributed by atoms with E-state index in [0.717, 1.165) is 38.5 Å². The third-order valence-corrected chi connectivity index (χ3v) is 3.43. The summed E-state index contributed by atoms with van der Waals surface area (Å²) in [4.78, 5) is 10.5. The topological polar surface area (TPSA) is 63.3 Å². The Morgan fingerprint density at radius 1 is 0.952 bits per heavy atom. The first kappa shape index (κ1) is 19.9. The molecule has 3 nitrogen and oxygen atoms in total. The van der Waals surface area contributed by atoms with Crippen molar-refractivity contribution in [1.82, 2.24) is 0 Å². The first-order valence-corrected chi connectivity index (χ1v) is 8.46. The lowest BCUT2D eigenvalue weighted by Crippen LogP contribution is -2.09. The van der Waals surface area contributed by atoms with Crippen molar-refractivity contribution in [3.05, 3.63) is 24.3 Å². The Labute approximate surface area is 130 Å². The van der Waals surface area contributed by atoms with Gasteiger partial charge < -0.3 is 10.8 Å². The second-order valence-electron chi connectivity index (χ2n) is 5.62. The molecule has 3 N–H and O–H groups in total. The van der Waals surface area contributed by atoms with Gasteiger partial charge in [0, 0.05) is 6.42 Å². The van der Waals surface area contributed by atoms with Crippen LogP contribution in [0.15, 0.2) is 24.3 Å². The Morgan fingerprint density at radius 3 is 2.05 bits per heavy atom. The molecule has 0 spiro atoms. The molecule has 1 unspecified atom stereocenters. The van der Waals surface area contributed by atoms with Gasteiger partial charge in [-0.1, -0.05) is 63.3 Å². The van der Waals surface area contributed by atoms with Crippen LogP contribution in [0.4, 0.5) is 0 Å². The highest BCUT2D eigenvalue weighted by atomic mass is 16.3. The molecule has 0 saturated heterocycles. The number of aliphatic hydroxyl groups excluding tert-OH is 1. The Morgan fingerprint density at radius 2 is 1.48 bits per heavy atom. The molecule has 0 bridgehead atoms. The molecule has 0 aliphatic heterocycles. The van der Waals surface area contributed by atoms with Gasteiger partial charge >= 0.3 is 0 Å². The van der Waals surface area contributed by atoms with Crippen LogP contribution < -0.4 is 5.73 Å². The summed E-state index contributed by atoms with van der Waals surface area (Å²) in [6.45, 7) is 2.19. The SMILES string of the molecule is CCCCC/C=C\C(O)/C=C\CCCCCCCC(N)=O. The minimum absolute atomic E-state index is 0.199. The molecule has 0 heterocycles. The van der Waals surface area contributed by atoms with Crippen LogP contribution in [0.2, 0.25) is 0 Å². The second kappa shape index (κ2) is 15.3. The molecule has 0 fully saturated rings. The second-order valence-corrected chi connectivity index (χ2v) is 5.62. The van der Waals surface area contributed by atoms with Crippen molar-refractivity contribution in [3.63, 3.8) is 0 Å². The van der Waals surface area contributed by atoms with Gasteiger partial charge in [0.1, 0.15) is 0 Å². The lowest BCUT2D eigenvalue weighted by molar-refractivity contribution is -0.118. The largest absolute Gasteiger partial charge is 0.385 e. The van der Waals surface area contributed by atoms with Crippen LogP contribution in [0.5, 0.6) is 0 Å². The molecular formula is C18H33NO2. The van der Waals surface area contributed by atoms with E-state index in [1.807, 2.05) is 12.2 Å². The number of carbonyl (C=O) groups excluding carboxylic acids is 1. The van der Waals surface area contributed by atoms with Gasteiger partial charge in [-0.25, -0.2) is 0 Å². The molecule has 0 saturated carbocycles. The van der Waals surface area contributed by atoms with Crippen LogP contribution in [0, 0.1) is 0 Å². The minimum Gasteiger partial charge on any atom is -0.385 e. The van der Waals surface area contributed by atoms with E-state index in [1.54, 1.807) is 0 Å². The van der Waals surface area contributed by atoms with Gasteiger partial charge in [0.25, 0.3) is 0 Å². The maximum Gasteiger partial charge on any atom is 0.217 e. The number of nitrogens with two attached hydrogens (primary N) is 1. The fraction of sp³-hybridized carbons (Fsp3) is 0.722. The number of hydrogen-bond acceptors (Lipinski definition) is 2. The van der Waals surface area contributed by atoms with E-state index >= 15 is 0 Å². The van der Waals surface area contributed by atoms with Gasteiger partial charge in [-0.05, 0) is 32.1 Å². The monoisotopic (exact) mass is 295 g/mol. The maximum absolute atomic E-state index is 10.5. The van der Waals surface area contributed by atoms with E-state index in [4.69, 9.17) is 5.73 Å². The standard InChI is InChI=1S/C18H33NO2/c1-2-3-4-8-11-14-17(20)15-12-9-6-5-7-10-13-16-18(19)21/h11-12,14-15,17,20H,2-10,13,16H2,1H3,(H2,19,21)/b14-11-,15-12-. The van der Waals surface area contributed by atoms with Crippen molar-refractivity contribution in [2.75, 3.05) is 0 Å². The maximum atomic E-state index is 10.5. The summed E-state index contributed by atoms with van der Waals surface area (Å²) in [6, 6.07) is 0. The van der Waals surface area contributed by atoms with E-state index in [0.29, 0.717) is 6.42 Å². The highest BCUT2D eigenvalue weighted by molar-refractivity contribution is 5.73. The van der Waals surface area contributed by atoms with E-state index in [2.05, 4.69) is 19.1 Å². The molecular weight excluding hydrogens is 262 g/mol. The zero-order chi connectivity index (χ0) is 15.8. The van der Waals surface area contributed by atoms with E-state index in [1.165, 1.54) is 25.7 Å². The number of primary amides is 1. The van der Waals surface area contributed by atoms with Gasteiger partial charge in [0.2, 0.25) is 5.91 Å². The van der Waals surface area contributed by atoms with E-state index in [9.17, 15) is 9.90 Å². The van der Waals surface area contributed by atoms with Crippen molar-refractivity contribution in [3.8, 4) is 0 Å². The number of unbranched alkanes of at least 4 members (excludes halogenated alkanes) is 8. The van der Waals surface area contributed by atoms with Crippen LogP contribution in [-0.4, -0.2) is 17.1 Å². The Hall–Kier alpha value is -1.09. The number of amides is 1. The summed E-state index contributed by atoms with van der Waals surface area (Å²) in [7, 11) is 0. The Kier molecular flexibility index (Phi) is 14.5. The first-order valence-electron chi connectivity index (χ1n) is 8.46. The van der Waals surface area contributed by atoms with Crippen molar-refractivity contribution in [2.24, 2.45) is 5.73 Å². The predicted octanol–water partition coefficient (Wildman–Crippen LogP) is 4.26. The molecule has 0 aromatic rings. The molecule has 0 aliphatic rings. The molecule has 1 amide bonds. The summed E-state index contributed by atoms with van der Waals surface area (Å²) in [5, 5.41) is 9.71. The fourth-order valence-corrected chi connectivity index (χ4v) is 2.14. The molecule has 0 aliphatic carbocycles. The smallest absolute Gasteiger partial charge is 0.217 e. The van der Waals surface area contributed by atoms with E-state index in [-0.39, 0.29) is 5.91 Å². The van der Waals surface area contributed by atoms with Crippen molar-refractivity contribution in [1.29, 1.82) is 0 Å². The molecule has 0 rings (SSSR count).